The molecule has 2 atom stereocenters. The van der Waals surface area contributed by atoms with Crippen LogP contribution in [0.1, 0.15) is 19.3 Å². The molecule has 0 spiro atoms. The van der Waals surface area contributed by atoms with E-state index in [-0.39, 0.29) is 5.56 Å². The van der Waals surface area contributed by atoms with Crippen molar-refractivity contribution in [2.45, 2.75) is 25.3 Å². The van der Waals surface area contributed by atoms with E-state index < -0.39 is 0 Å². The molecule has 0 N–H and O–H groups in total. The second-order valence-electron chi connectivity index (χ2n) is 5.99. The predicted molar refractivity (Wildman–Crippen MR) is 80.5 cm³/mol. The summed E-state index contributed by atoms with van der Waals surface area (Å²) in [4.78, 5) is 16.7. The third kappa shape index (κ3) is 2.33. The van der Waals surface area contributed by atoms with E-state index >= 15 is 0 Å². The Morgan fingerprint density at radius 1 is 1.30 bits per heavy atom. The Balaban J connectivity index is 1.93. The molecule has 0 amide bonds. The summed E-state index contributed by atoms with van der Waals surface area (Å²) in [6.07, 6.45) is 5.29. The number of piperidine rings is 2. The van der Waals surface area contributed by atoms with E-state index in [2.05, 4.69) is 21.9 Å². The highest BCUT2D eigenvalue weighted by Gasteiger charge is 2.36. The second-order valence-corrected chi connectivity index (χ2v) is 6.36. The minimum atomic E-state index is -0.209. The molecule has 0 bridgehead atoms. The van der Waals surface area contributed by atoms with Crippen molar-refractivity contribution in [2.24, 2.45) is 13.0 Å². The van der Waals surface area contributed by atoms with E-state index in [1.54, 1.807) is 13.2 Å². The number of hydrogen-bond donors (Lipinski definition) is 0. The zero-order valence-electron chi connectivity index (χ0n) is 12.0. The molecule has 0 aliphatic carbocycles. The van der Waals surface area contributed by atoms with E-state index in [1.807, 2.05) is 0 Å². The van der Waals surface area contributed by atoms with Crippen molar-refractivity contribution in [3.8, 4) is 0 Å². The third-order valence-electron chi connectivity index (χ3n) is 4.64. The number of nitrogens with zero attached hydrogens (tertiary/aromatic N) is 4. The van der Waals surface area contributed by atoms with Gasteiger partial charge in [-0.25, -0.2) is 4.68 Å². The van der Waals surface area contributed by atoms with Crippen molar-refractivity contribution in [1.82, 2.24) is 14.7 Å². The molecule has 0 radical (unpaired) electrons. The first kappa shape index (κ1) is 13.9. The fourth-order valence-corrected chi connectivity index (χ4v) is 3.87. The number of aromatic nitrogens is 2. The van der Waals surface area contributed by atoms with Gasteiger partial charge in [-0.1, -0.05) is 11.6 Å². The Hall–Kier alpha value is -1.07. The molecule has 3 rings (SSSR count). The number of rotatable bonds is 1. The SMILES string of the molecule is CN1CC[C@H]2[C@H](CCCN2c2cnn(C)c(=O)c2Cl)C1. The summed E-state index contributed by atoms with van der Waals surface area (Å²) in [5, 5.41) is 4.44. The number of anilines is 1. The number of fused-ring (bicyclic) bond motifs is 1. The maximum atomic E-state index is 12.0. The monoisotopic (exact) mass is 296 g/mol. The third-order valence-corrected chi connectivity index (χ3v) is 5.00. The molecular weight excluding hydrogens is 276 g/mol. The van der Waals surface area contributed by atoms with Crippen LogP contribution in [0.5, 0.6) is 0 Å². The van der Waals surface area contributed by atoms with E-state index in [4.69, 9.17) is 11.6 Å². The van der Waals surface area contributed by atoms with Gasteiger partial charge in [0.15, 0.2) is 0 Å². The predicted octanol–water partition coefficient (Wildman–Crippen LogP) is 1.35. The number of aryl methyl sites for hydroxylation is 1. The molecule has 1 aromatic heterocycles. The molecular formula is C14H21ClN4O. The van der Waals surface area contributed by atoms with E-state index in [1.165, 1.54) is 11.1 Å². The zero-order chi connectivity index (χ0) is 14.3. The summed E-state index contributed by atoms with van der Waals surface area (Å²) in [6.45, 7) is 3.21. The van der Waals surface area contributed by atoms with Crippen molar-refractivity contribution in [3.63, 3.8) is 0 Å². The van der Waals surface area contributed by atoms with Crippen molar-refractivity contribution in [3.05, 3.63) is 21.6 Å². The molecule has 0 aromatic carbocycles. The van der Waals surface area contributed by atoms with Crippen LogP contribution in [0.2, 0.25) is 5.02 Å². The lowest BCUT2D eigenvalue weighted by Crippen LogP contribution is -2.53. The van der Waals surface area contributed by atoms with Crippen molar-refractivity contribution >= 4 is 17.3 Å². The molecule has 0 saturated carbocycles. The van der Waals surface area contributed by atoms with Crippen LogP contribution < -0.4 is 10.5 Å². The molecule has 2 saturated heterocycles. The minimum absolute atomic E-state index is 0.209. The Morgan fingerprint density at radius 2 is 2.10 bits per heavy atom. The summed E-state index contributed by atoms with van der Waals surface area (Å²) in [7, 11) is 3.81. The normalized spacial score (nSPS) is 27.4. The van der Waals surface area contributed by atoms with Crippen molar-refractivity contribution < 1.29 is 0 Å². The lowest BCUT2D eigenvalue weighted by atomic mass is 9.84. The number of likely N-dealkylation sites (tertiary alicyclic amines) is 1. The van der Waals surface area contributed by atoms with Crippen molar-refractivity contribution in [1.29, 1.82) is 0 Å². The van der Waals surface area contributed by atoms with Crippen LogP contribution in [0, 0.1) is 5.92 Å². The number of hydrogen-bond acceptors (Lipinski definition) is 4. The Kier molecular flexibility index (Phi) is 3.73. The standard InChI is InChI=1S/C14H21ClN4O/c1-17-7-5-11-10(9-17)4-3-6-19(11)12-8-16-18(2)14(20)13(12)15/h8,10-11H,3-7,9H2,1-2H3/t10-,11+/m1/s1. The van der Waals surface area contributed by atoms with Gasteiger partial charge in [0.1, 0.15) is 5.02 Å². The van der Waals surface area contributed by atoms with Gasteiger partial charge in [0.05, 0.1) is 11.9 Å². The van der Waals surface area contributed by atoms with Gasteiger partial charge in [0.25, 0.3) is 5.56 Å². The van der Waals surface area contributed by atoms with Gasteiger partial charge in [-0.05, 0) is 38.8 Å². The Labute approximate surface area is 124 Å². The van der Waals surface area contributed by atoms with Gasteiger partial charge in [-0.2, -0.15) is 5.10 Å². The highest BCUT2D eigenvalue weighted by Crippen LogP contribution is 2.35. The summed E-state index contributed by atoms with van der Waals surface area (Å²) in [6, 6.07) is 0.492. The maximum Gasteiger partial charge on any atom is 0.287 e. The van der Waals surface area contributed by atoms with Crippen LogP contribution in [0.4, 0.5) is 5.69 Å². The van der Waals surface area contributed by atoms with Gasteiger partial charge < -0.3 is 9.80 Å². The van der Waals surface area contributed by atoms with E-state index in [0.717, 1.165) is 38.2 Å². The van der Waals surface area contributed by atoms with Crippen LogP contribution in [0.25, 0.3) is 0 Å². The topological polar surface area (TPSA) is 41.4 Å². The highest BCUT2D eigenvalue weighted by atomic mass is 35.5. The maximum absolute atomic E-state index is 12.0. The lowest BCUT2D eigenvalue weighted by molar-refractivity contribution is 0.154. The average molecular weight is 297 g/mol. The summed E-state index contributed by atoms with van der Waals surface area (Å²) in [5.74, 6) is 0.669. The molecule has 20 heavy (non-hydrogen) atoms. The molecule has 3 heterocycles. The first-order valence-corrected chi connectivity index (χ1v) is 7.62. The molecule has 6 heteroatoms. The molecule has 0 unspecified atom stereocenters. The van der Waals surface area contributed by atoms with Crippen LogP contribution in [-0.4, -0.2) is 47.4 Å². The Bertz CT molecular complexity index is 559. The molecule has 2 fully saturated rings. The first-order valence-electron chi connectivity index (χ1n) is 7.25. The van der Waals surface area contributed by atoms with Crippen LogP contribution in [-0.2, 0) is 7.05 Å². The summed E-state index contributed by atoms with van der Waals surface area (Å²) in [5.41, 5.74) is 0.605. The number of halogens is 1. The second kappa shape index (κ2) is 5.37. The zero-order valence-corrected chi connectivity index (χ0v) is 12.8. The van der Waals surface area contributed by atoms with E-state index in [0.29, 0.717) is 17.0 Å². The van der Waals surface area contributed by atoms with Crippen LogP contribution >= 0.6 is 11.6 Å². The molecule has 5 nitrogen and oxygen atoms in total. The van der Waals surface area contributed by atoms with Crippen LogP contribution in [0.3, 0.4) is 0 Å². The first-order chi connectivity index (χ1) is 9.58. The summed E-state index contributed by atoms with van der Waals surface area (Å²) >= 11 is 6.27. The smallest absolute Gasteiger partial charge is 0.287 e. The molecule has 2 aliphatic rings. The van der Waals surface area contributed by atoms with E-state index in [9.17, 15) is 4.79 Å². The van der Waals surface area contributed by atoms with Gasteiger partial charge in [0, 0.05) is 26.2 Å². The quantitative estimate of drug-likeness (QED) is 0.784. The van der Waals surface area contributed by atoms with Gasteiger partial charge in [0.2, 0.25) is 0 Å². The van der Waals surface area contributed by atoms with Crippen LogP contribution in [0.15, 0.2) is 11.0 Å². The summed E-state index contributed by atoms with van der Waals surface area (Å²) < 4.78 is 1.29. The largest absolute Gasteiger partial charge is 0.366 e. The molecule has 110 valence electrons. The fraction of sp³-hybridized carbons (Fsp3) is 0.714. The van der Waals surface area contributed by atoms with Crippen molar-refractivity contribution in [2.75, 3.05) is 31.6 Å². The minimum Gasteiger partial charge on any atom is -0.366 e. The molecule has 2 aliphatic heterocycles. The molecule has 1 aromatic rings. The lowest BCUT2D eigenvalue weighted by Gasteiger charge is -2.47. The highest BCUT2D eigenvalue weighted by molar-refractivity contribution is 6.33. The fourth-order valence-electron chi connectivity index (χ4n) is 3.59. The Morgan fingerprint density at radius 3 is 2.90 bits per heavy atom. The average Bonchev–Trinajstić information content (AvgIpc) is 2.44. The van der Waals surface area contributed by atoms with Gasteiger partial charge in [-0.15, -0.1) is 0 Å². The van der Waals surface area contributed by atoms with Gasteiger partial charge >= 0.3 is 0 Å². The van der Waals surface area contributed by atoms with Gasteiger partial charge in [-0.3, -0.25) is 4.79 Å².